The molecule has 1 N–H and O–H groups in total. The van der Waals surface area contributed by atoms with Crippen molar-refractivity contribution in [2.75, 3.05) is 25.0 Å². The van der Waals surface area contributed by atoms with Crippen LogP contribution in [-0.4, -0.2) is 50.3 Å². The number of nitrogens with zero attached hydrogens (tertiary/aromatic N) is 3. The lowest BCUT2D eigenvalue weighted by Crippen LogP contribution is -2.35. The highest BCUT2D eigenvalue weighted by molar-refractivity contribution is 8.26. The number of thiocarbonyl (C=S) groups is 1. The number of carbonyl (C=O) groups is 1. The normalized spacial score (nSPS) is 20.8. The summed E-state index contributed by atoms with van der Waals surface area (Å²) >= 11 is 6.60. The van der Waals surface area contributed by atoms with Crippen molar-refractivity contribution >= 4 is 51.7 Å². The van der Waals surface area contributed by atoms with Crippen LogP contribution in [0.15, 0.2) is 46.8 Å². The van der Waals surface area contributed by atoms with E-state index >= 15 is 0 Å². The van der Waals surface area contributed by atoms with E-state index < -0.39 is 0 Å². The van der Waals surface area contributed by atoms with E-state index in [1.165, 1.54) is 16.2 Å². The summed E-state index contributed by atoms with van der Waals surface area (Å²) < 4.78 is 7.57. The number of nitrogens with one attached hydrogen (secondary N) is 1. The van der Waals surface area contributed by atoms with E-state index in [-0.39, 0.29) is 17.6 Å². The first-order valence-corrected chi connectivity index (χ1v) is 10.5. The zero-order valence-corrected chi connectivity index (χ0v) is 17.3. The molecule has 2 saturated heterocycles. The van der Waals surface area contributed by atoms with Crippen molar-refractivity contribution < 1.29 is 9.53 Å². The van der Waals surface area contributed by atoms with Gasteiger partial charge in [0, 0.05) is 19.3 Å². The minimum Gasteiger partial charge on any atom is -0.376 e. The molecule has 2 aromatic heterocycles. The molecule has 4 heterocycles. The van der Waals surface area contributed by atoms with E-state index in [2.05, 4.69) is 16.9 Å². The molecular weight excluding hydrogens is 408 g/mol. The van der Waals surface area contributed by atoms with Crippen molar-refractivity contribution in [1.82, 2.24) is 14.3 Å². The third-order valence-corrected chi connectivity index (χ3v) is 6.12. The molecule has 1 amide bonds. The third kappa shape index (κ3) is 3.98. The predicted molar refractivity (Wildman–Crippen MR) is 119 cm³/mol. The zero-order chi connectivity index (χ0) is 20.4. The van der Waals surface area contributed by atoms with E-state index in [1.807, 2.05) is 6.07 Å². The molecule has 0 aliphatic carbocycles. The van der Waals surface area contributed by atoms with Gasteiger partial charge in [-0.15, -0.1) is 6.58 Å². The van der Waals surface area contributed by atoms with Gasteiger partial charge >= 0.3 is 0 Å². The summed E-state index contributed by atoms with van der Waals surface area (Å²) in [6.45, 7) is 5.29. The van der Waals surface area contributed by atoms with Gasteiger partial charge in [-0.05, 0) is 31.1 Å². The van der Waals surface area contributed by atoms with Gasteiger partial charge in [-0.3, -0.25) is 18.9 Å². The molecule has 0 radical (unpaired) electrons. The van der Waals surface area contributed by atoms with Crippen molar-refractivity contribution in [1.29, 1.82) is 0 Å². The first-order chi connectivity index (χ1) is 14.1. The van der Waals surface area contributed by atoms with Crippen molar-refractivity contribution in [3.05, 3.63) is 57.9 Å². The van der Waals surface area contributed by atoms with E-state index in [1.54, 1.807) is 35.4 Å². The molecule has 0 bridgehead atoms. The number of ether oxygens (including phenoxy) is 1. The van der Waals surface area contributed by atoms with Gasteiger partial charge in [-0.2, -0.15) is 0 Å². The fourth-order valence-electron chi connectivity index (χ4n) is 3.32. The summed E-state index contributed by atoms with van der Waals surface area (Å²) in [4.78, 5) is 32.5. The van der Waals surface area contributed by atoms with Crippen LogP contribution in [0.2, 0.25) is 0 Å². The molecule has 1 atom stereocenters. The van der Waals surface area contributed by atoms with Crippen LogP contribution in [0.4, 0.5) is 5.82 Å². The van der Waals surface area contributed by atoms with Crippen LogP contribution in [0.25, 0.3) is 11.7 Å². The predicted octanol–water partition coefficient (Wildman–Crippen LogP) is 2.67. The highest BCUT2D eigenvalue weighted by Gasteiger charge is 2.35. The van der Waals surface area contributed by atoms with Gasteiger partial charge in [0.25, 0.3) is 11.5 Å². The summed E-state index contributed by atoms with van der Waals surface area (Å²) in [5.74, 6) is 0.202. The summed E-state index contributed by atoms with van der Waals surface area (Å²) in [5, 5.41) is 3.09. The first-order valence-electron chi connectivity index (χ1n) is 9.31. The number of hydrogen-bond acceptors (Lipinski definition) is 7. The average molecular weight is 429 g/mol. The molecule has 0 spiro atoms. The summed E-state index contributed by atoms with van der Waals surface area (Å²) in [6.07, 6.45) is 6.83. The molecule has 9 heteroatoms. The minimum atomic E-state index is -0.258. The largest absolute Gasteiger partial charge is 0.376 e. The third-order valence-electron chi connectivity index (χ3n) is 4.74. The van der Waals surface area contributed by atoms with E-state index in [0.717, 1.165) is 12.8 Å². The van der Waals surface area contributed by atoms with E-state index in [9.17, 15) is 9.59 Å². The van der Waals surface area contributed by atoms with Crippen molar-refractivity contribution in [3.63, 3.8) is 0 Å². The van der Waals surface area contributed by atoms with Crippen molar-refractivity contribution in [3.8, 4) is 0 Å². The topological polar surface area (TPSA) is 75.9 Å². The van der Waals surface area contributed by atoms with Gasteiger partial charge in [0.1, 0.15) is 15.8 Å². The van der Waals surface area contributed by atoms with Crippen LogP contribution >= 0.6 is 24.0 Å². The van der Waals surface area contributed by atoms with Gasteiger partial charge in [0.05, 0.1) is 23.1 Å². The Morgan fingerprint density at radius 3 is 3.03 bits per heavy atom. The summed E-state index contributed by atoms with van der Waals surface area (Å²) in [6, 6.07) is 5.33. The average Bonchev–Trinajstić information content (AvgIpc) is 3.33. The number of thioether (sulfide) groups is 1. The van der Waals surface area contributed by atoms with Crippen molar-refractivity contribution in [2.45, 2.75) is 18.9 Å². The molecule has 2 aromatic rings. The van der Waals surface area contributed by atoms with Gasteiger partial charge in [-0.25, -0.2) is 4.98 Å². The highest BCUT2D eigenvalue weighted by atomic mass is 32.2. The van der Waals surface area contributed by atoms with Crippen LogP contribution in [0.3, 0.4) is 0 Å². The molecule has 150 valence electrons. The smallest absolute Gasteiger partial charge is 0.267 e. The molecule has 1 unspecified atom stereocenters. The van der Waals surface area contributed by atoms with Crippen LogP contribution in [0.5, 0.6) is 0 Å². The van der Waals surface area contributed by atoms with Crippen LogP contribution in [-0.2, 0) is 9.53 Å². The number of carbonyl (C=O) groups excluding carboxylic acids is 1. The number of amides is 1. The Kier molecular flexibility index (Phi) is 5.79. The number of anilines is 1. The molecule has 7 nitrogen and oxygen atoms in total. The monoisotopic (exact) mass is 428 g/mol. The van der Waals surface area contributed by atoms with Crippen LogP contribution in [0, 0.1) is 0 Å². The lowest BCUT2D eigenvalue weighted by Gasteiger charge is -2.18. The van der Waals surface area contributed by atoms with Gasteiger partial charge in [-0.1, -0.05) is 36.1 Å². The quantitative estimate of drug-likeness (QED) is 0.431. The van der Waals surface area contributed by atoms with Crippen LogP contribution < -0.4 is 10.9 Å². The molecule has 2 fully saturated rings. The van der Waals surface area contributed by atoms with Gasteiger partial charge in [0.2, 0.25) is 0 Å². The van der Waals surface area contributed by atoms with Crippen molar-refractivity contribution in [2.24, 2.45) is 0 Å². The highest BCUT2D eigenvalue weighted by Crippen LogP contribution is 2.34. The number of aromatic nitrogens is 2. The number of fused-ring (bicyclic) bond motifs is 1. The molecule has 2 aliphatic heterocycles. The van der Waals surface area contributed by atoms with Gasteiger partial charge < -0.3 is 10.1 Å². The summed E-state index contributed by atoms with van der Waals surface area (Å²) in [5.41, 5.74) is 0.576. The maximum Gasteiger partial charge on any atom is 0.267 e. The lowest BCUT2D eigenvalue weighted by molar-refractivity contribution is -0.123. The van der Waals surface area contributed by atoms with Crippen LogP contribution in [0.1, 0.15) is 18.4 Å². The molecule has 29 heavy (non-hydrogen) atoms. The molecular formula is C20H20N4O3S2. The maximum absolute atomic E-state index is 13.1. The Hall–Kier alpha value is -2.49. The van der Waals surface area contributed by atoms with E-state index in [0.29, 0.717) is 46.0 Å². The Morgan fingerprint density at radius 1 is 1.41 bits per heavy atom. The van der Waals surface area contributed by atoms with Gasteiger partial charge in [0.15, 0.2) is 0 Å². The Labute approximate surface area is 177 Å². The molecule has 4 rings (SSSR count). The second-order valence-corrected chi connectivity index (χ2v) is 8.38. The molecule has 0 saturated carbocycles. The second kappa shape index (κ2) is 8.48. The summed E-state index contributed by atoms with van der Waals surface area (Å²) in [7, 11) is 0. The standard InChI is InChI=1S/C20H20N4O3S2/c1-2-8-21-17-14(18(25)23-9-4-3-7-16(23)22-17)11-15-19(26)24(20(28)29-15)12-13-6-5-10-27-13/h2-4,7,9,11,13,21H,1,5-6,8,10,12H2/b15-11-. The van der Waals surface area contributed by atoms with E-state index in [4.69, 9.17) is 17.0 Å². The Morgan fingerprint density at radius 2 is 2.28 bits per heavy atom. The maximum atomic E-state index is 13.1. The first kappa shape index (κ1) is 19.8. The second-order valence-electron chi connectivity index (χ2n) is 6.70. The SMILES string of the molecule is C=CCNc1nc2ccccn2c(=O)c1/C=C1\SC(=S)N(CC2CCCO2)C1=O. The molecule has 0 aromatic carbocycles. The Balaban J connectivity index is 1.71. The zero-order valence-electron chi connectivity index (χ0n) is 15.7. The number of hydrogen-bond donors (Lipinski definition) is 1. The molecule has 2 aliphatic rings. The fourth-order valence-corrected chi connectivity index (χ4v) is 4.57. The number of rotatable bonds is 6. The lowest BCUT2D eigenvalue weighted by atomic mass is 10.2. The number of pyridine rings is 1. The fraction of sp³-hybridized carbons (Fsp3) is 0.300. The Bertz CT molecular complexity index is 1070. The minimum absolute atomic E-state index is 0.00892.